The predicted octanol–water partition coefficient (Wildman–Crippen LogP) is 3.47. The summed E-state index contributed by atoms with van der Waals surface area (Å²) in [5, 5.41) is 14.3. The molecule has 0 unspecified atom stereocenters. The Hall–Kier alpha value is -4.40. The molecule has 1 aromatic carbocycles. The van der Waals surface area contributed by atoms with Gasteiger partial charge in [0.05, 0.1) is 18.1 Å². The van der Waals surface area contributed by atoms with Crippen LogP contribution in [0.2, 0.25) is 0 Å². The van der Waals surface area contributed by atoms with Crippen molar-refractivity contribution < 1.29 is 4.79 Å². The number of aromatic nitrogens is 7. The van der Waals surface area contributed by atoms with Gasteiger partial charge in [-0.3, -0.25) is 14.9 Å². The van der Waals surface area contributed by atoms with Crippen molar-refractivity contribution in [3.8, 4) is 11.3 Å². The number of hydrogen-bond acceptors (Lipinski definition) is 7. The van der Waals surface area contributed by atoms with E-state index in [9.17, 15) is 4.79 Å². The fourth-order valence-electron chi connectivity index (χ4n) is 3.33. The maximum absolute atomic E-state index is 12.7. The van der Waals surface area contributed by atoms with Gasteiger partial charge in [-0.1, -0.05) is 18.2 Å². The highest BCUT2D eigenvalue weighted by Crippen LogP contribution is 2.24. The number of nitrogens with one attached hydrogen (secondary N) is 2. The van der Waals surface area contributed by atoms with Crippen LogP contribution in [0, 0.1) is 0 Å². The molecule has 5 rings (SSSR count). The van der Waals surface area contributed by atoms with Crippen molar-refractivity contribution in [3.05, 3.63) is 84.8 Å². The second-order valence-corrected chi connectivity index (χ2v) is 6.92. The molecule has 0 aliphatic heterocycles. The van der Waals surface area contributed by atoms with E-state index >= 15 is 0 Å². The Bertz CT molecular complexity index is 1330. The highest BCUT2D eigenvalue weighted by atomic mass is 16.1. The molecule has 0 aliphatic rings. The zero-order chi connectivity index (χ0) is 21.0. The van der Waals surface area contributed by atoms with Gasteiger partial charge in [0.2, 0.25) is 0 Å². The molecule has 4 aromatic heterocycles. The Labute approximate surface area is 177 Å². The van der Waals surface area contributed by atoms with Gasteiger partial charge >= 0.3 is 0 Å². The van der Waals surface area contributed by atoms with E-state index < -0.39 is 0 Å². The number of ketones is 1. The summed E-state index contributed by atoms with van der Waals surface area (Å²) >= 11 is 0. The predicted molar refractivity (Wildman–Crippen MR) is 115 cm³/mol. The number of Topliss-reactive ketones (excluding diaryl/α,β-unsaturated/α-hetero) is 1. The first kappa shape index (κ1) is 18.6. The standard InChI is InChI=1S/C22H18N8O/c31-20(8-7-17-5-1-2-9-23-17)15-4-3-6-18(10-15)29-21-22-25-14-28-30(22)19(13-24-21)16-11-26-27-12-16/h1-6,9-14H,7-8H2,(H,24,29)(H,26,27). The van der Waals surface area contributed by atoms with E-state index in [0.717, 1.165) is 22.6 Å². The number of nitrogens with zero attached hydrogens (tertiary/aromatic N) is 6. The number of anilines is 2. The van der Waals surface area contributed by atoms with Crippen molar-refractivity contribution in [1.29, 1.82) is 0 Å². The molecule has 152 valence electrons. The maximum Gasteiger partial charge on any atom is 0.199 e. The van der Waals surface area contributed by atoms with Crippen molar-refractivity contribution in [2.75, 3.05) is 5.32 Å². The van der Waals surface area contributed by atoms with E-state index in [0.29, 0.717) is 29.9 Å². The number of H-pyrrole nitrogens is 1. The largest absolute Gasteiger partial charge is 0.337 e. The lowest BCUT2D eigenvalue weighted by atomic mass is 10.0. The molecule has 0 bridgehead atoms. The minimum atomic E-state index is 0.0604. The molecule has 0 fully saturated rings. The summed E-state index contributed by atoms with van der Waals surface area (Å²) in [6.07, 6.45) is 9.39. The summed E-state index contributed by atoms with van der Waals surface area (Å²) in [5.41, 5.74) is 4.48. The average Bonchev–Trinajstić information content (AvgIpc) is 3.51. The zero-order valence-electron chi connectivity index (χ0n) is 16.4. The van der Waals surface area contributed by atoms with Crippen molar-refractivity contribution in [2.45, 2.75) is 12.8 Å². The third-order valence-electron chi connectivity index (χ3n) is 4.88. The van der Waals surface area contributed by atoms with Gasteiger partial charge in [0.15, 0.2) is 17.2 Å². The summed E-state index contributed by atoms with van der Waals surface area (Å²) in [6.45, 7) is 0. The minimum Gasteiger partial charge on any atom is -0.337 e. The van der Waals surface area contributed by atoms with Gasteiger partial charge in [-0.25, -0.2) is 14.5 Å². The quantitative estimate of drug-likeness (QED) is 0.395. The van der Waals surface area contributed by atoms with Crippen LogP contribution in [0.4, 0.5) is 11.5 Å². The first-order chi connectivity index (χ1) is 15.3. The summed E-state index contributed by atoms with van der Waals surface area (Å²) < 4.78 is 1.70. The molecule has 0 amide bonds. The van der Waals surface area contributed by atoms with Crippen LogP contribution in [0.15, 0.2) is 73.6 Å². The molecular formula is C22H18N8O. The highest BCUT2D eigenvalue weighted by Gasteiger charge is 2.13. The minimum absolute atomic E-state index is 0.0604. The Kier molecular flexibility index (Phi) is 4.89. The molecule has 0 radical (unpaired) electrons. The van der Waals surface area contributed by atoms with E-state index in [1.165, 1.54) is 6.33 Å². The number of pyridine rings is 1. The summed E-state index contributed by atoms with van der Waals surface area (Å²) in [6, 6.07) is 13.1. The second kappa shape index (κ2) is 8.15. The Morgan fingerprint density at radius 2 is 2.03 bits per heavy atom. The molecule has 2 N–H and O–H groups in total. The van der Waals surface area contributed by atoms with Gasteiger partial charge in [0, 0.05) is 41.3 Å². The topological polar surface area (TPSA) is 114 Å². The summed E-state index contributed by atoms with van der Waals surface area (Å²) in [7, 11) is 0. The highest BCUT2D eigenvalue weighted by molar-refractivity contribution is 5.97. The number of hydrogen-bond donors (Lipinski definition) is 2. The van der Waals surface area contributed by atoms with Crippen LogP contribution < -0.4 is 5.32 Å². The normalized spacial score (nSPS) is 11.0. The number of aryl methyl sites for hydroxylation is 1. The average molecular weight is 410 g/mol. The maximum atomic E-state index is 12.7. The number of carbonyl (C=O) groups excluding carboxylic acids is 1. The van der Waals surface area contributed by atoms with Crippen LogP contribution in [0.5, 0.6) is 0 Å². The van der Waals surface area contributed by atoms with Gasteiger partial charge in [-0.05, 0) is 30.7 Å². The van der Waals surface area contributed by atoms with E-state index in [4.69, 9.17) is 0 Å². The van der Waals surface area contributed by atoms with E-state index in [1.54, 1.807) is 29.3 Å². The number of carbonyl (C=O) groups is 1. The molecule has 5 aromatic rings. The van der Waals surface area contributed by atoms with Gasteiger partial charge < -0.3 is 5.32 Å². The molecule has 9 nitrogen and oxygen atoms in total. The lowest BCUT2D eigenvalue weighted by Gasteiger charge is -2.10. The van der Waals surface area contributed by atoms with Crippen molar-refractivity contribution in [2.24, 2.45) is 0 Å². The van der Waals surface area contributed by atoms with Crippen molar-refractivity contribution in [1.82, 2.24) is 34.8 Å². The monoisotopic (exact) mass is 410 g/mol. The van der Waals surface area contributed by atoms with Gasteiger partial charge in [-0.15, -0.1) is 0 Å². The third kappa shape index (κ3) is 3.88. The smallest absolute Gasteiger partial charge is 0.199 e. The Morgan fingerprint density at radius 3 is 2.87 bits per heavy atom. The summed E-state index contributed by atoms with van der Waals surface area (Å²) in [4.78, 5) is 25.8. The third-order valence-corrected chi connectivity index (χ3v) is 4.88. The molecule has 0 aliphatic carbocycles. The summed E-state index contributed by atoms with van der Waals surface area (Å²) in [5.74, 6) is 0.605. The first-order valence-electron chi connectivity index (χ1n) is 9.76. The van der Waals surface area contributed by atoms with Crippen molar-refractivity contribution in [3.63, 3.8) is 0 Å². The number of rotatable bonds is 7. The Balaban J connectivity index is 1.36. The SMILES string of the molecule is O=C(CCc1ccccn1)c1cccc(Nc2ncc(-c3cn[nH]c3)n3ncnc23)c1. The van der Waals surface area contributed by atoms with Crippen LogP contribution in [-0.4, -0.2) is 40.5 Å². The first-order valence-corrected chi connectivity index (χ1v) is 9.76. The molecule has 9 heteroatoms. The molecule has 31 heavy (non-hydrogen) atoms. The lowest BCUT2D eigenvalue weighted by molar-refractivity contribution is 0.0982. The van der Waals surface area contributed by atoms with E-state index in [2.05, 4.69) is 35.6 Å². The fourth-order valence-corrected chi connectivity index (χ4v) is 3.33. The molecular weight excluding hydrogens is 392 g/mol. The van der Waals surface area contributed by atoms with E-state index in [-0.39, 0.29) is 5.78 Å². The van der Waals surface area contributed by atoms with Gasteiger partial charge in [0.1, 0.15) is 6.33 Å². The second-order valence-electron chi connectivity index (χ2n) is 6.92. The van der Waals surface area contributed by atoms with E-state index in [1.807, 2.05) is 42.5 Å². The number of benzene rings is 1. The molecule has 0 spiro atoms. The van der Waals surface area contributed by atoms with Gasteiger partial charge in [0.25, 0.3) is 0 Å². The van der Waals surface area contributed by atoms with Crippen LogP contribution in [-0.2, 0) is 6.42 Å². The lowest BCUT2D eigenvalue weighted by Crippen LogP contribution is -2.04. The van der Waals surface area contributed by atoms with Gasteiger partial charge in [-0.2, -0.15) is 10.2 Å². The molecule has 0 saturated carbocycles. The number of aromatic amines is 1. The van der Waals surface area contributed by atoms with Crippen LogP contribution >= 0.6 is 0 Å². The molecule has 0 atom stereocenters. The number of fused-ring (bicyclic) bond motifs is 1. The van der Waals surface area contributed by atoms with Crippen molar-refractivity contribution >= 4 is 22.9 Å². The zero-order valence-corrected chi connectivity index (χ0v) is 16.4. The van der Waals surface area contributed by atoms with Crippen LogP contribution in [0.1, 0.15) is 22.5 Å². The van der Waals surface area contributed by atoms with Crippen LogP contribution in [0.3, 0.4) is 0 Å². The molecule has 4 heterocycles. The molecule has 0 saturated heterocycles. The van der Waals surface area contributed by atoms with Crippen LogP contribution in [0.25, 0.3) is 16.9 Å². The Morgan fingerprint density at radius 1 is 1.06 bits per heavy atom. The fraction of sp³-hybridized carbons (Fsp3) is 0.0909.